The Bertz CT molecular complexity index is 716. The molecule has 2 aromatic rings. The smallest absolute Gasteiger partial charge is 0.221 e. The average Bonchev–Trinajstić information content (AvgIpc) is 2.60. The van der Waals surface area contributed by atoms with Crippen LogP contribution in [0.25, 0.3) is 0 Å². The predicted octanol–water partition coefficient (Wildman–Crippen LogP) is 3.28. The fourth-order valence-corrected chi connectivity index (χ4v) is 2.29. The maximum Gasteiger partial charge on any atom is 0.221 e. The predicted molar refractivity (Wildman–Crippen MR) is 94.2 cm³/mol. The molecule has 0 aliphatic carbocycles. The van der Waals surface area contributed by atoms with Gasteiger partial charge in [-0.3, -0.25) is 4.79 Å². The first-order chi connectivity index (χ1) is 11.6. The summed E-state index contributed by atoms with van der Waals surface area (Å²) in [4.78, 5) is 11.2. The number of anilines is 2. The summed E-state index contributed by atoms with van der Waals surface area (Å²) in [6.07, 6.45) is 0. The Morgan fingerprint density at radius 3 is 2.25 bits per heavy atom. The van der Waals surface area contributed by atoms with Crippen LogP contribution in [0.4, 0.5) is 11.4 Å². The number of rotatable bonds is 7. The van der Waals surface area contributed by atoms with Crippen molar-refractivity contribution in [2.24, 2.45) is 0 Å². The fraction of sp³-hybridized carbons (Fsp3) is 0.278. The first-order valence-electron chi connectivity index (χ1n) is 7.47. The van der Waals surface area contributed by atoms with Crippen molar-refractivity contribution in [1.82, 2.24) is 0 Å². The van der Waals surface area contributed by atoms with Gasteiger partial charge in [-0.1, -0.05) is 6.07 Å². The Kier molecular flexibility index (Phi) is 5.89. The molecule has 0 bridgehead atoms. The van der Waals surface area contributed by atoms with Gasteiger partial charge < -0.3 is 24.8 Å². The molecule has 0 aliphatic heterocycles. The number of nitrogens with one attached hydrogen (secondary N) is 2. The molecule has 0 fully saturated rings. The maximum atomic E-state index is 11.2. The number of carbonyl (C=O) groups excluding carboxylic acids is 1. The molecule has 0 saturated carbocycles. The fourth-order valence-electron chi connectivity index (χ4n) is 2.29. The number of methoxy groups -OCH3 is 3. The minimum atomic E-state index is -0.140. The first kappa shape index (κ1) is 17.5. The van der Waals surface area contributed by atoms with Crippen LogP contribution in [0, 0.1) is 0 Å². The van der Waals surface area contributed by atoms with Crippen LogP contribution in [-0.4, -0.2) is 27.2 Å². The van der Waals surface area contributed by atoms with Crippen LogP contribution in [0.15, 0.2) is 36.4 Å². The lowest BCUT2D eigenvalue weighted by molar-refractivity contribution is -0.114. The molecule has 2 rings (SSSR count). The highest BCUT2D eigenvalue weighted by Crippen LogP contribution is 2.30. The van der Waals surface area contributed by atoms with E-state index in [1.54, 1.807) is 27.4 Å². The Hall–Kier alpha value is -2.89. The van der Waals surface area contributed by atoms with E-state index < -0.39 is 0 Å². The van der Waals surface area contributed by atoms with E-state index in [1.807, 2.05) is 30.3 Å². The van der Waals surface area contributed by atoms with E-state index in [4.69, 9.17) is 14.2 Å². The summed E-state index contributed by atoms with van der Waals surface area (Å²) in [5.74, 6) is 1.85. The van der Waals surface area contributed by atoms with Gasteiger partial charge in [0.2, 0.25) is 5.91 Å². The van der Waals surface area contributed by atoms with Crippen LogP contribution in [0.3, 0.4) is 0 Å². The number of carbonyl (C=O) groups is 1. The minimum Gasteiger partial charge on any atom is -0.494 e. The summed E-state index contributed by atoms with van der Waals surface area (Å²) in [6, 6.07) is 11.3. The topological polar surface area (TPSA) is 68.8 Å². The SMILES string of the molecule is COc1cc(NCc2ccc(OC)c(OC)c2)ccc1NC(C)=O. The van der Waals surface area contributed by atoms with Crippen molar-refractivity contribution in [3.8, 4) is 17.2 Å². The van der Waals surface area contributed by atoms with Gasteiger partial charge in [-0.15, -0.1) is 0 Å². The zero-order valence-electron chi connectivity index (χ0n) is 14.3. The summed E-state index contributed by atoms with van der Waals surface area (Å²) in [7, 11) is 4.79. The average molecular weight is 330 g/mol. The summed E-state index contributed by atoms with van der Waals surface area (Å²) in [5, 5.41) is 6.05. The molecule has 0 radical (unpaired) electrons. The first-order valence-corrected chi connectivity index (χ1v) is 7.47. The van der Waals surface area contributed by atoms with E-state index in [0.717, 1.165) is 11.3 Å². The third kappa shape index (κ3) is 4.32. The molecule has 0 heterocycles. The molecule has 128 valence electrons. The van der Waals surface area contributed by atoms with E-state index in [9.17, 15) is 4.79 Å². The third-order valence-electron chi connectivity index (χ3n) is 3.46. The summed E-state index contributed by atoms with van der Waals surface area (Å²) < 4.78 is 15.9. The molecular formula is C18H22N2O4. The molecule has 0 aliphatic rings. The summed E-state index contributed by atoms with van der Waals surface area (Å²) in [5.41, 5.74) is 2.58. The van der Waals surface area contributed by atoms with Crippen molar-refractivity contribution in [3.05, 3.63) is 42.0 Å². The molecule has 1 amide bonds. The molecule has 0 unspecified atom stereocenters. The molecule has 2 N–H and O–H groups in total. The molecule has 24 heavy (non-hydrogen) atoms. The van der Waals surface area contributed by atoms with Crippen LogP contribution < -0.4 is 24.8 Å². The van der Waals surface area contributed by atoms with Gasteiger partial charge in [-0.05, 0) is 29.8 Å². The van der Waals surface area contributed by atoms with E-state index in [1.165, 1.54) is 6.92 Å². The highest BCUT2D eigenvalue weighted by atomic mass is 16.5. The second kappa shape index (κ2) is 8.10. The highest BCUT2D eigenvalue weighted by molar-refractivity contribution is 5.90. The van der Waals surface area contributed by atoms with E-state index >= 15 is 0 Å². The molecule has 0 spiro atoms. The van der Waals surface area contributed by atoms with Crippen LogP contribution in [0.2, 0.25) is 0 Å². The lowest BCUT2D eigenvalue weighted by atomic mass is 10.2. The maximum absolute atomic E-state index is 11.2. The van der Waals surface area contributed by atoms with E-state index in [0.29, 0.717) is 29.5 Å². The number of hydrogen-bond acceptors (Lipinski definition) is 5. The van der Waals surface area contributed by atoms with Crippen LogP contribution in [0.5, 0.6) is 17.2 Å². The zero-order valence-corrected chi connectivity index (χ0v) is 14.3. The quantitative estimate of drug-likeness (QED) is 0.815. The summed E-state index contributed by atoms with van der Waals surface area (Å²) in [6.45, 7) is 2.08. The Morgan fingerprint density at radius 1 is 0.917 bits per heavy atom. The van der Waals surface area contributed by atoms with Crippen molar-refractivity contribution < 1.29 is 19.0 Å². The van der Waals surface area contributed by atoms with Crippen molar-refractivity contribution in [2.45, 2.75) is 13.5 Å². The van der Waals surface area contributed by atoms with Crippen LogP contribution in [0.1, 0.15) is 12.5 Å². The standard InChI is InChI=1S/C18H22N2O4/c1-12(21)20-15-7-6-14(10-17(15)23-3)19-11-13-5-8-16(22-2)18(9-13)24-4/h5-10,19H,11H2,1-4H3,(H,20,21). The largest absolute Gasteiger partial charge is 0.494 e. The van der Waals surface area contributed by atoms with Gasteiger partial charge in [0, 0.05) is 25.2 Å². The lowest BCUT2D eigenvalue weighted by Crippen LogP contribution is -2.07. The minimum absolute atomic E-state index is 0.140. The molecule has 0 saturated heterocycles. The van der Waals surface area contributed by atoms with Gasteiger partial charge in [-0.2, -0.15) is 0 Å². The Labute approximate surface area is 141 Å². The molecular weight excluding hydrogens is 308 g/mol. The molecule has 6 nitrogen and oxygen atoms in total. The van der Waals surface area contributed by atoms with Gasteiger partial charge in [0.15, 0.2) is 11.5 Å². The van der Waals surface area contributed by atoms with E-state index in [2.05, 4.69) is 10.6 Å². The monoisotopic (exact) mass is 330 g/mol. The molecule has 2 aromatic carbocycles. The van der Waals surface area contributed by atoms with Gasteiger partial charge in [0.05, 0.1) is 27.0 Å². The highest BCUT2D eigenvalue weighted by Gasteiger charge is 2.07. The molecule has 0 atom stereocenters. The van der Waals surface area contributed by atoms with Gasteiger partial charge in [0.1, 0.15) is 5.75 Å². The number of benzene rings is 2. The Balaban J connectivity index is 2.10. The number of amides is 1. The van der Waals surface area contributed by atoms with Gasteiger partial charge in [0.25, 0.3) is 0 Å². The number of ether oxygens (including phenoxy) is 3. The normalized spacial score (nSPS) is 10.0. The van der Waals surface area contributed by atoms with Crippen LogP contribution >= 0.6 is 0 Å². The summed E-state index contributed by atoms with van der Waals surface area (Å²) >= 11 is 0. The van der Waals surface area contributed by atoms with Crippen molar-refractivity contribution in [2.75, 3.05) is 32.0 Å². The molecule has 6 heteroatoms. The second-order valence-electron chi connectivity index (χ2n) is 5.14. The van der Waals surface area contributed by atoms with E-state index in [-0.39, 0.29) is 5.91 Å². The lowest BCUT2D eigenvalue weighted by Gasteiger charge is -2.13. The third-order valence-corrected chi connectivity index (χ3v) is 3.46. The second-order valence-corrected chi connectivity index (χ2v) is 5.14. The molecule has 0 aromatic heterocycles. The van der Waals surface area contributed by atoms with Crippen molar-refractivity contribution >= 4 is 17.3 Å². The zero-order chi connectivity index (χ0) is 17.5. The van der Waals surface area contributed by atoms with Crippen molar-refractivity contribution in [3.63, 3.8) is 0 Å². The number of hydrogen-bond donors (Lipinski definition) is 2. The van der Waals surface area contributed by atoms with Crippen LogP contribution in [-0.2, 0) is 11.3 Å². The van der Waals surface area contributed by atoms with Gasteiger partial charge in [-0.25, -0.2) is 0 Å². The Morgan fingerprint density at radius 2 is 1.62 bits per heavy atom. The van der Waals surface area contributed by atoms with Crippen molar-refractivity contribution in [1.29, 1.82) is 0 Å². The van der Waals surface area contributed by atoms with Gasteiger partial charge >= 0.3 is 0 Å².